The molecule has 31 heavy (non-hydrogen) atoms. The molecule has 1 heterocycles. The first kappa shape index (κ1) is 25.7. The minimum absolute atomic E-state index is 0. The summed E-state index contributed by atoms with van der Waals surface area (Å²) in [4.78, 5) is 0.306. The van der Waals surface area contributed by atoms with Gasteiger partial charge in [0.15, 0.2) is 0 Å². The third-order valence-electron chi connectivity index (χ3n) is 5.00. The standard InChI is InChI=1S/C23H22N2O2S.CH3.ClH.Ru/c26-28(27)21-16-8-7-15-20(21)23(25-28)22(19-13-5-2-6-14-19)24-17-9-12-18-10-3-1-4-11-18;;;/h1-8,10-11,13-16,22-23H,9,12,17H2;1H3;1H;/q-2;-1;;+4/p-1/t22-,23+;;;/m0.../s1. The fourth-order valence-corrected chi connectivity index (χ4v) is 5.03. The molecule has 0 fully saturated rings. The average Bonchev–Trinajstić information content (AvgIpc) is 3.07. The predicted molar refractivity (Wildman–Crippen MR) is 124 cm³/mol. The van der Waals surface area contributed by atoms with Crippen molar-refractivity contribution in [2.75, 3.05) is 6.54 Å². The number of hydrogen-bond donors (Lipinski definition) is 0. The molecule has 0 spiro atoms. The van der Waals surface area contributed by atoms with Crippen LogP contribution in [0.15, 0.2) is 89.8 Å². The van der Waals surface area contributed by atoms with Crippen LogP contribution < -0.4 is 0 Å². The van der Waals surface area contributed by atoms with Crippen LogP contribution in [0.25, 0.3) is 10.0 Å². The van der Waals surface area contributed by atoms with E-state index in [9.17, 15) is 8.42 Å². The topological polar surface area (TPSA) is 62.3 Å². The fourth-order valence-electron chi connectivity index (χ4n) is 3.65. The van der Waals surface area contributed by atoms with Crippen molar-refractivity contribution in [2.45, 2.75) is 29.8 Å². The maximum absolute atomic E-state index is 12.5. The van der Waals surface area contributed by atoms with Crippen LogP contribution >= 0.6 is 9.69 Å². The quantitative estimate of drug-likeness (QED) is 0.190. The van der Waals surface area contributed by atoms with E-state index in [1.54, 1.807) is 12.1 Å². The Morgan fingerprint density at radius 1 is 0.903 bits per heavy atom. The second-order valence-corrected chi connectivity index (χ2v) is 8.51. The SMILES string of the molecule is O=S1(=O)[N-][C@@H]([C@@H]([N-]CCCc2ccccc2)c2ccccc2)c2ccccc21.[CH3-].[Cl][Ru+3]. The Bertz CT molecular complexity index is 1030. The summed E-state index contributed by atoms with van der Waals surface area (Å²) < 4.78 is 29.2. The molecule has 4 rings (SSSR count). The molecule has 3 aromatic rings. The van der Waals surface area contributed by atoms with Crippen LogP contribution in [0.3, 0.4) is 0 Å². The van der Waals surface area contributed by atoms with Gasteiger partial charge in [-0.15, -0.1) is 18.6 Å². The number of fused-ring (bicyclic) bond motifs is 1. The van der Waals surface area contributed by atoms with Gasteiger partial charge in [-0.2, -0.15) is 0 Å². The first-order valence-electron chi connectivity index (χ1n) is 9.60. The van der Waals surface area contributed by atoms with Gasteiger partial charge in [-0.3, -0.25) is 0 Å². The van der Waals surface area contributed by atoms with Gasteiger partial charge in [0.2, 0.25) is 0 Å². The summed E-state index contributed by atoms with van der Waals surface area (Å²) in [6.07, 6.45) is 1.86. The molecule has 0 aromatic heterocycles. The van der Waals surface area contributed by atoms with E-state index < -0.39 is 16.1 Å². The van der Waals surface area contributed by atoms with Crippen molar-refractivity contribution in [1.29, 1.82) is 0 Å². The molecule has 7 heteroatoms. The van der Waals surface area contributed by atoms with Crippen LogP contribution in [0.1, 0.15) is 35.2 Å². The Morgan fingerprint density at radius 3 is 2.16 bits per heavy atom. The van der Waals surface area contributed by atoms with E-state index in [0.29, 0.717) is 11.4 Å². The molecule has 0 bridgehead atoms. The number of hydrogen-bond acceptors (Lipinski definition) is 2. The Morgan fingerprint density at radius 2 is 1.48 bits per heavy atom. The molecular formula is C24H25ClN2O2RuS. The van der Waals surface area contributed by atoms with Crippen molar-refractivity contribution < 1.29 is 25.7 Å². The molecule has 1 aliphatic heterocycles. The second-order valence-electron chi connectivity index (χ2n) is 6.91. The van der Waals surface area contributed by atoms with Gasteiger partial charge < -0.3 is 17.5 Å². The molecule has 0 aliphatic carbocycles. The minimum atomic E-state index is -3.62. The Balaban J connectivity index is 0.00000111. The molecule has 1 aliphatic rings. The molecule has 0 amide bonds. The van der Waals surface area contributed by atoms with Gasteiger partial charge in [0.25, 0.3) is 0 Å². The number of aryl methyl sites for hydroxylation is 1. The Hall–Kier alpha value is -1.56. The Kier molecular flexibility index (Phi) is 10.3. The van der Waals surface area contributed by atoms with Crippen LogP contribution in [-0.2, 0) is 33.8 Å². The molecule has 0 radical (unpaired) electrons. The molecule has 0 unspecified atom stereocenters. The summed E-state index contributed by atoms with van der Waals surface area (Å²) in [6.45, 7) is 0.655. The molecule has 0 saturated heterocycles. The van der Waals surface area contributed by atoms with E-state index in [1.165, 1.54) is 5.56 Å². The number of sulfonamides is 1. The van der Waals surface area contributed by atoms with Crippen LogP contribution in [0.2, 0.25) is 0 Å². The zero-order chi connectivity index (χ0) is 21.4. The zero-order valence-corrected chi connectivity index (χ0v) is 20.5. The first-order valence-corrected chi connectivity index (χ1v) is 13.3. The monoisotopic (exact) mass is 542 g/mol. The van der Waals surface area contributed by atoms with Gasteiger partial charge in [0, 0.05) is 4.90 Å². The van der Waals surface area contributed by atoms with Crippen molar-refractivity contribution >= 4 is 19.7 Å². The maximum atomic E-state index is 12.5. The van der Waals surface area contributed by atoms with Gasteiger partial charge in [0.05, 0.1) is 0 Å². The summed E-state index contributed by atoms with van der Waals surface area (Å²) in [6, 6.07) is 26.4. The van der Waals surface area contributed by atoms with Crippen molar-refractivity contribution in [1.82, 2.24) is 0 Å². The predicted octanol–water partition coefficient (Wildman–Crippen LogP) is 6.69. The average molecular weight is 542 g/mol. The third kappa shape index (κ3) is 6.47. The summed E-state index contributed by atoms with van der Waals surface area (Å²) in [5.41, 5.74) is 3.01. The molecular weight excluding hydrogens is 517 g/mol. The van der Waals surface area contributed by atoms with Crippen molar-refractivity contribution in [3.8, 4) is 0 Å². The number of halogens is 1. The van der Waals surface area contributed by atoms with Crippen molar-refractivity contribution in [3.63, 3.8) is 0 Å². The molecule has 2 atom stereocenters. The molecule has 4 nitrogen and oxygen atoms in total. The molecule has 0 N–H and O–H groups in total. The van der Waals surface area contributed by atoms with E-state index in [2.05, 4.69) is 26.5 Å². The van der Waals surface area contributed by atoms with E-state index in [4.69, 9.17) is 5.32 Å². The van der Waals surface area contributed by atoms with Crippen LogP contribution in [-0.4, -0.2) is 15.0 Å². The van der Waals surface area contributed by atoms with Crippen molar-refractivity contribution in [3.05, 3.63) is 119 Å². The molecule has 0 saturated carbocycles. The summed E-state index contributed by atoms with van der Waals surface area (Å²) >= 11 is 1.82. The van der Waals surface area contributed by atoms with E-state index in [1.807, 2.05) is 78.0 Å². The third-order valence-corrected chi connectivity index (χ3v) is 6.43. The van der Waals surface area contributed by atoms with Gasteiger partial charge in [-0.05, 0) is 23.6 Å². The van der Waals surface area contributed by atoms with E-state index in [-0.39, 0.29) is 13.5 Å². The summed E-state index contributed by atoms with van der Waals surface area (Å²) in [5, 5.41) is 4.90. The van der Waals surface area contributed by atoms with E-state index in [0.717, 1.165) is 24.0 Å². The first-order chi connectivity index (χ1) is 14.6. The van der Waals surface area contributed by atoms with Crippen molar-refractivity contribution in [2.24, 2.45) is 0 Å². The normalized spacial score (nSPS) is 16.9. The van der Waals surface area contributed by atoms with E-state index >= 15 is 0 Å². The summed E-state index contributed by atoms with van der Waals surface area (Å²) in [7, 11) is 0.953. The van der Waals surface area contributed by atoms with Gasteiger partial charge in [-0.25, -0.2) is 8.42 Å². The van der Waals surface area contributed by atoms with Crippen LogP contribution in [0.4, 0.5) is 0 Å². The molecule has 164 valence electrons. The van der Waals surface area contributed by atoms with Gasteiger partial charge >= 0.3 is 27.0 Å². The van der Waals surface area contributed by atoms with Crippen LogP contribution in [0.5, 0.6) is 0 Å². The van der Waals surface area contributed by atoms with Gasteiger partial charge in [0.1, 0.15) is 10.0 Å². The molecule has 3 aromatic carbocycles. The van der Waals surface area contributed by atoms with Crippen LogP contribution in [0, 0.1) is 7.43 Å². The summed E-state index contributed by atoms with van der Waals surface area (Å²) in [5.74, 6) is 0. The van der Waals surface area contributed by atoms with Gasteiger partial charge in [-0.1, -0.05) is 90.8 Å². The number of nitrogens with zero attached hydrogens (tertiary/aromatic N) is 2. The second kappa shape index (κ2) is 12.5. The number of benzene rings is 3. The zero-order valence-electron chi connectivity index (χ0n) is 17.2. The number of rotatable bonds is 7. The Labute approximate surface area is 200 Å². The fraction of sp³-hybridized carbons (Fsp3) is 0.208.